The third-order valence-electron chi connectivity index (χ3n) is 6.45. The predicted molar refractivity (Wildman–Crippen MR) is 148 cm³/mol. The number of pyridine rings is 1. The highest BCUT2D eigenvalue weighted by Gasteiger charge is 2.26. The summed E-state index contributed by atoms with van der Waals surface area (Å²) in [5.74, 6) is -0.101. The topological polar surface area (TPSA) is 103 Å². The molecule has 37 heavy (non-hydrogen) atoms. The van der Waals surface area contributed by atoms with Crippen molar-refractivity contribution >= 4 is 62.8 Å². The maximum atomic E-state index is 12.8. The van der Waals surface area contributed by atoms with Gasteiger partial charge in [-0.3, -0.25) is 14.2 Å². The summed E-state index contributed by atoms with van der Waals surface area (Å²) in [5, 5.41) is 6.10. The molecule has 3 aromatic carbocycles. The Morgan fingerprint density at radius 1 is 1.05 bits per heavy atom. The van der Waals surface area contributed by atoms with E-state index < -0.39 is 5.91 Å². The molecule has 5 aromatic rings. The number of imidazole rings is 1. The number of benzene rings is 3. The molecule has 0 bridgehead atoms. The van der Waals surface area contributed by atoms with Crippen molar-refractivity contribution in [3.05, 3.63) is 89.1 Å². The third kappa shape index (κ3) is 4.54. The highest BCUT2D eigenvalue weighted by Crippen LogP contribution is 2.44. The number of carbonyl (C=O) groups excluding carboxylic acids is 2. The van der Waals surface area contributed by atoms with Gasteiger partial charge in [0.2, 0.25) is 11.8 Å². The predicted octanol–water partition coefficient (Wildman–Crippen LogP) is 5.93. The van der Waals surface area contributed by atoms with Crippen molar-refractivity contribution in [1.29, 1.82) is 0 Å². The maximum absolute atomic E-state index is 12.8. The minimum Gasteiger partial charge on any atom is -0.366 e. The Kier molecular flexibility index (Phi) is 6.06. The Labute approximate surface area is 222 Å². The van der Waals surface area contributed by atoms with Crippen molar-refractivity contribution in [2.45, 2.75) is 23.9 Å². The molecule has 1 fully saturated rings. The first kappa shape index (κ1) is 23.5. The lowest BCUT2D eigenvalue weighted by atomic mass is 9.99. The van der Waals surface area contributed by atoms with Crippen LogP contribution in [0.3, 0.4) is 0 Å². The summed E-state index contributed by atoms with van der Waals surface area (Å²) in [6.07, 6.45) is 4.17. The Bertz CT molecular complexity index is 1700. The maximum Gasteiger partial charge on any atom is 0.248 e. The zero-order valence-electron chi connectivity index (χ0n) is 19.6. The molecule has 0 atom stereocenters. The standard InChI is InChI=1S/C28H22ClN5O2S/c29-21-14-17(26(30)36)9-11-22(21)32-25(35)15-37-28-33-27-24(6-3-13-31-27)34(28)23-12-10-18(16-7-8-16)19-4-1-2-5-20(19)23/h1-6,9-14,16H,7-8,15H2,(H2,30,36)(H,32,35). The number of hydrogen-bond acceptors (Lipinski definition) is 5. The number of fused-ring (bicyclic) bond motifs is 2. The largest absolute Gasteiger partial charge is 0.366 e. The molecule has 2 aromatic heterocycles. The van der Waals surface area contributed by atoms with Crippen molar-refractivity contribution < 1.29 is 9.59 Å². The molecule has 9 heteroatoms. The fraction of sp³-hybridized carbons (Fsp3) is 0.143. The molecule has 3 N–H and O–H groups in total. The zero-order chi connectivity index (χ0) is 25.5. The van der Waals surface area contributed by atoms with E-state index in [0.29, 0.717) is 22.4 Å². The number of rotatable bonds is 7. The molecule has 0 unspecified atom stereocenters. The van der Waals surface area contributed by atoms with Gasteiger partial charge >= 0.3 is 0 Å². The molecular formula is C28H22ClN5O2S. The molecule has 0 radical (unpaired) electrons. The van der Waals surface area contributed by atoms with Crippen LogP contribution in [0.4, 0.5) is 5.69 Å². The van der Waals surface area contributed by atoms with Crippen LogP contribution >= 0.6 is 23.4 Å². The van der Waals surface area contributed by atoms with Crippen LogP contribution in [0.25, 0.3) is 27.6 Å². The zero-order valence-corrected chi connectivity index (χ0v) is 21.2. The molecule has 1 saturated carbocycles. The van der Waals surface area contributed by atoms with Crippen molar-refractivity contribution in [2.75, 3.05) is 11.1 Å². The van der Waals surface area contributed by atoms with Crippen LogP contribution in [-0.2, 0) is 4.79 Å². The van der Waals surface area contributed by atoms with E-state index in [4.69, 9.17) is 22.3 Å². The van der Waals surface area contributed by atoms with E-state index in [-0.39, 0.29) is 22.2 Å². The number of nitrogens with zero attached hydrogens (tertiary/aromatic N) is 3. The molecule has 1 aliphatic carbocycles. The first-order chi connectivity index (χ1) is 18.0. The molecule has 184 valence electrons. The van der Waals surface area contributed by atoms with Gasteiger partial charge in [0.15, 0.2) is 10.8 Å². The highest BCUT2D eigenvalue weighted by atomic mass is 35.5. The van der Waals surface area contributed by atoms with E-state index in [0.717, 1.165) is 16.6 Å². The number of hydrogen-bond donors (Lipinski definition) is 2. The Morgan fingerprint density at radius 2 is 1.86 bits per heavy atom. The number of primary amides is 1. The number of carbonyl (C=O) groups is 2. The van der Waals surface area contributed by atoms with Crippen molar-refractivity contribution in [1.82, 2.24) is 14.5 Å². The van der Waals surface area contributed by atoms with Gasteiger partial charge in [-0.1, -0.05) is 53.7 Å². The van der Waals surface area contributed by atoms with Crippen LogP contribution in [0.5, 0.6) is 0 Å². The van der Waals surface area contributed by atoms with Gasteiger partial charge in [0, 0.05) is 17.1 Å². The van der Waals surface area contributed by atoms with Gasteiger partial charge in [-0.2, -0.15) is 0 Å². The molecule has 2 heterocycles. The van der Waals surface area contributed by atoms with Crippen LogP contribution in [0.1, 0.15) is 34.7 Å². The number of anilines is 1. The Hall–Kier alpha value is -3.88. The van der Waals surface area contributed by atoms with Crippen LogP contribution in [0.2, 0.25) is 5.02 Å². The van der Waals surface area contributed by atoms with E-state index in [1.54, 1.807) is 12.3 Å². The van der Waals surface area contributed by atoms with Gasteiger partial charge in [-0.15, -0.1) is 0 Å². The van der Waals surface area contributed by atoms with E-state index >= 15 is 0 Å². The van der Waals surface area contributed by atoms with Crippen LogP contribution < -0.4 is 11.1 Å². The fourth-order valence-corrected chi connectivity index (χ4v) is 5.60. The summed E-state index contributed by atoms with van der Waals surface area (Å²) in [4.78, 5) is 33.4. The number of thioether (sulfide) groups is 1. The monoisotopic (exact) mass is 527 g/mol. The summed E-state index contributed by atoms with van der Waals surface area (Å²) in [5.41, 5.74) is 9.86. The van der Waals surface area contributed by atoms with Gasteiger partial charge in [0.25, 0.3) is 0 Å². The lowest BCUT2D eigenvalue weighted by molar-refractivity contribution is -0.113. The summed E-state index contributed by atoms with van der Waals surface area (Å²) in [6, 6.07) is 21.2. The van der Waals surface area contributed by atoms with Crippen molar-refractivity contribution in [2.24, 2.45) is 5.73 Å². The van der Waals surface area contributed by atoms with Gasteiger partial charge in [-0.05, 0) is 66.1 Å². The molecule has 0 saturated heterocycles. The third-order valence-corrected chi connectivity index (χ3v) is 7.70. The lowest BCUT2D eigenvalue weighted by Crippen LogP contribution is -2.16. The molecule has 2 amide bonds. The fourth-order valence-electron chi connectivity index (χ4n) is 4.56. The average Bonchev–Trinajstić information content (AvgIpc) is 3.68. The number of amides is 2. The van der Waals surface area contributed by atoms with Crippen molar-refractivity contribution in [3.63, 3.8) is 0 Å². The second-order valence-corrected chi connectivity index (χ2v) is 10.3. The molecule has 0 aliphatic heterocycles. The molecule has 7 nitrogen and oxygen atoms in total. The van der Waals surface area contributed by atoms with Crippen molar-refractivity contribution in [3.8, 4) is 5.69 Å². The molecular weight excluding hydrogens is 506 g/mol. The Morgan fingerprint density at radius 3 is 2.62 bits per heavy atom. The summed E-state index contributed by atoms with van der Waals surface area (Å²) >= 11 is 7.56. The first-order valence-electron chi connectivity index (χ1n) is 11.9. The van der Waals surface area contributed by atoms with Crippen LogP contribution in [0, 0.1) is 0 Å². The van der Waals surface area contributed by atoms with Gasteiger partial charge in [0.1, 0.15) is 0 Å². The lowest BCUT2D eigenvalue weighted by Gasteiger charge is -2.15. The second kappa shape index (κ2) is 9.53. The quantitative estimate of drug-likeness (QED) is 0.255. The van der Waals surface area contributed by atoms with E-state index in [9.17, 15) is 9.59 Å². The van der Waals surface area contributed by atoms with E-state index in [1.165, 1.54) is 47.7 Å². The Balaban J connectivity index is 1.33. The van der Waals surface area contributed by atoms with Crippen LogP contribution in [0.15, 0.2) is 78.1 Å². The molecule has 0 spiro atoms. The number of nitrogens with one attached hydrogen (secondary N) is 1. The SMILES string of the molecule is NC(=O)c1ccc(NC(=O)CSc2nc3ncccc3n2-c2ccc(C3CC3)c3ccccc23)c(Cl)c1. The van der Waals surface area contributed by atoms with Gasteiger partial charge in [0.05, 0.1) is 27.7 Å². The second-order valence-electron chi connectivity index (χ2n) is 8.97. The summed E-state index contributed by atoms with van der Waals surface area (Å²) in [7, 11) is 0. The number of nitrogens with two attached hydrogens (primary N) is 1. The minimum absolute atomic E-state index is 0.106. The highest BCUT2D eigenvalue weighted by molar-refractivity contribution is 7.99. The summed E-state index contributed by atoms with van der Waals surface area (Å²) in [6.45, 7) is 0. The van der Waals surface area contributed by atoms with Gasteiger partial charge in [-0.25, -0.2) is 9.97 Å². The normalized spacial score (nSPS) is 13.2. The number of halogens is 1. The first-order valence-corrected chi connectivity index (χ1v) is 13.2. The average molecular weight is 528 g/mol. The van der Waals surface area contributed by atoms with E-state index in [2.05, 4.69) is 45.2 Å². The molecule has 6 rings (SSSR count). The smallest absolute Gasteiger partial charge is 0.248 e. The van der Waals surface area contributed by atoms with Gasteiger partial charge < -0.3 is 11.1 Å². The number of aromatic nitrogens is 3. The summed E-state index contributed by atoms with van der Waals surface area (Å²) < 4.78 is 2.08. The minimum atomic E-state index is -0.583. The van der Waals surface area contributed by atoms with Crippen LogP contribution in [-0.4, -0.2) is 32.1 Å². The molecule has 1 aliphatic rings. The van der Waals surface area contributed by atoms with E-state index in [1.807, 2.05) is 18.2 Å².